The van der Waals surface area contributed by atoms with Crippen LogP contribution in [-0.2, 0) is 15.7 Å². The Labute approximate surface area is 210 Å². The maximum atomic E-state index is 13.5. The van der Waals surface area contributed by atoms with Crippen molar-refractivity contribution in [2.45, 2.75) is 40.2 Å². The molecule has 0 bridgehead atoms. The quantitative estimate of drug-likeness (QED) is 0.198. The van der Waals surface area contributed by atoms with E-state index in [9.17, 15) is 35.9 Å². The van der Waals surface area contributed by atoms with Crippen molar-refractivity contribution in [3.63, 3.8) is 0 Å². The van der Waals surface area contributed by atoms with Gasteiger partial charge in [-0.3, -0.25) is 14.5 Å². The Morgan fingerprint density at radius 3 is 2.03 bits per heavy atom. The molecule has 0 radical (unpaired) electrons. The van der Waals surface area contributed by atoms with Crippen molar-refractivity contribution >= 4 is 60.8 Å². The number of thiazole rings is 1. The Balaban J connectivity index is 2.60. The van der Waals surface area contributed by atoms with E-state index in [-0.39, 0.29) is 19.6 Å². The van der Waals surface area contributed by atoms with Gasteiger partial charge >= 0.3 is 18.5 Å². The molecule has 188 valence electrons. The van der Waals surface area contributed by atoms with Crippen LogP contribution in [0.4, 0.5) is 32.0 Å². The second-order valence-electron chi connectivity index (χ2n) is 7.74. The van der Waals surface area contributed by atoms with Gasteiger partial charge in [-0.25, -0.2) is 4.98 Å². The van der Waals surface area contributed by atoms with Gasteiger partial charge in [0.1, 0.15) is 10.6 Å². The first-order valence-electron chi connectivity index (χ1n) is 9.09. The minimum Gasteiger partial charge on any atom is -0.443 e. The van der Waals surface area contributed by atoms with Gasteiger partial charge < -0.3 is 9.47 Å². The zero-order valence-corrected chi connectivity index (χ0v) is 21.8. The Hall–Kier alpha value is -1.87. The number of carbonyl (C=O) groups is 2. The van der Waals surface area contributed by atoms with Gasteiger partial charge in [0.2, 0.25) is 0 Å². The van der Waals surface area contributed by atoms with Crippen molar-refractivity contribution in [3.8, 4) is 5.75 Å². The molecule has 1 amide bonds. The third-order valence-electron chi connectivity index (χ3n) is 3.87. The van der Waals surface area contributed by atoms with E-state index in [4.69, 9.17) is 4.74 Å². The molecule has 0 saturated heterocycles. The Morgan fingerprint density at radius 1 is 1.06 bits per heavy atom. The zero-order chi connectivity index (χ0) is 26.2. The molecule has 0 aliphatic rings. The lowest BCUT2D eigenvalue weighted by molar-refractivity contribution is -0.274. The van der Waals surface area contributed by atoms with Gasteiger partial charge in [0.25, 0.3) is 5.91 Å². The Bertz CT molecular complexity index is 1070. The van der Waals surface area contributed by atoms with Crippen LogP contribution >= 0.6 is 43.2 Å². The number of hydrogen-bond acceptors (Lipinski definition) is 6. The highest BCUT2D eigenvalue weighted by atomic mass is 79.9. The molecule has 1 heterocycles. The van der Waals surface area contributed by atoms with Crippen LogP contribution in [-0.4, -0.2) is 30.0 Å². The SMILES string of the molecule is Cc1nc(C(F)(F)F)c(C(=O)N(COC(=O)C(C)(C)C)c2c(Br)cc(OC(F)(F)F)cc2Br)s1. The smallest absolute Gasteiger partial charge is 0.443 e. The zero-order valence-electron chi connectivity index (χ0n) is 17.8. The largest absolute Gasteiger partial charge is 0.573 e. The van der Waals surface area contributed by atoms with Crippen LogP contribution in [0.3, 0.4) is 0 Å². The van der Waals surface area contributed by atoms with Gasteiger partial charge in [0, 0.05) is 8.95 Å². The molecule has 2 aromatic rings. The van der Waals surface area contributed by atoms with Gasteiger partial charge in [-0.05, 0) is 71.7 Å². The molecule has 0 unspecified atom stereocenters. The fourth-order valence-corrected chi connectivity index (χ4v) is 4.90. The topological polar surface area (TPSA) is 68.7 Å². The summed E-state index contributed by atoms with van der Waals surface area (Å²) < 4.78 is 86.9. The molecule has 1 aromatic carbocycles. The summed E-state index contributed by atoms with van der Waals surface area (Å²) in [6, 6.07) is 1.73. The predicted molar refractivity (Wildman–Crippen MR) is 118 cm³/mol. The highest BCUT2D eigenvalue weighted by Crippen LogP contribution is 2.42. The second-order valence-corrected chi connectivity index (χ2v) is 10.6. The predicted octanol–water partition coefficient (Wildman–Crippen LogP) is 7.09. The lowest BCUT2D eigenvalue weighted by Gasteiger charge is -2.27. The molecule has 6 nitrogen and oxygen atoms in total. The summed E-state index contributed by atoms with van der Waals surface area (Å²) in [5.74, 6) is -2.67. The number of hydrogen-bond donors (Lipinski definition) is 0. The summed E-state index contributed by atoms with van der Waals surface area (Å²) in [4.78, 5) is 28.8. The monoisotopic (exact) mass is 640 g/mol. The standard InChI is InChI=1S/C19H16Br2F6N2O4S/c1-8-28-14(18(22,23)24)13(34-8)15(30)29(7-32-16(31)17(2,3)4)12-10(20)5-9(6-11(12)21)33-19(25,26)27/h5-6H,7H2,1-4H3. The average Bonchev–Trinajstić information content (AvgIpc) is 3.03. The summed E-state index contributed by atoms with van der Waals surface area (Å²) in [5, 5.41) is -0.0469. The molecule has 34 heavy (non-hydrogen) atoms. The number of rotatable bonds is 5. The molecule has 0 spiro atoms. The van der Waals surface area contributed by atoms with E-state index in [1.54, 1.807) is 0 Å². The molecule has 2 rings (SSSR count). The molecule has 0 saturated carbocycles. The third kappa shape index (κ3) is 7.07. The van der Waals surface area contributed by atoms with Crippen molar-refractivity contribution < 1.29 is 45.4 Å². The number of halogens is 8. The second kappa shape index (κ2) is 10.0. The molecule has 0 aliphatic carbocycles. The number of aryl methyl sites for hydroxylation is 1. The van der Waals surface area contributed by atoms with E-state index in [2.05, 4.69) is 41.6 Å². The summed E-state index contributed by atoms with van der Waals surface area (Å²) in [6.07, 6.45) is -9.97. The summed E-state index contributed by atoms with van der Waals surface area (Å²) in [7, 11) is 0. The highest BCUT2D eigenvalue weighted by molar-refractivity contribution is 9.11. The van der Waals surface area contributed by atoms with Crippen LogP contribution < -0.4 is 9.64 Å². The number of amides is 1. The normalized spacial score (nSPS) is 12.5. The maximum absolute atomic E-state index is 13.5. The number of carbonyl (C=O) groups excluding carboxylic acids is 2. The van der Waals surface area contributed by atoms with Crippen LogP contribution in [0.1, 0.15) is 41.1 Å². The number of esters is 1. The number of ether oxygens (including phenoxy) is 2. The molecule has 15 heteroatoms. The van der Waals surface area contributed by atoms with E-state index >= 15 is 0 Å². The van der Waals surface area contributed by atoms with Crippen molar-refractivity contribution in [1.29, 1.82) is 0 Å². The van der Waals surface area contributed by atoms with E-state index in [1.165, 1.54) is 27.7 Å². The molecule has 1 aromatic heterocycles. The van der Waals surface area contributed by atoms with Crippen LogP contribution in [0.5, 0.6) is 5.75 Å². The molecular weight excluding hydrogens is 626 g/mol. The Kier molecular flexibility index (Phi) is 8.35. The van der Waals surface area contributed by atoms with E-state index in [1.807, 2.05) is 0 Å². The first kappa shape index (κ1) is 28.4. The fraction of sp³-hybridized carbons (Fsp3) is 0.421. The molecular formula is C19H16Br2F6N2O4S. The lowest BCUT2D eigenvalue weighted by atomic mass is 9.97. The molecule has 0 N–H and O–H groups in total. The van der Waals surface area contributed by atoms with Crippen LogP contribution in [0.15, 0.2) is 21.1 Å². The summed E-state index contributed by atoms with van der Waals surface area (Å²) >= 11 is 6.49. The number of benzene rings is 1. The van der Waals surface area contributed by atoms with Crippen molar-refractivity contribution in [2.24, 2.45) is 5.41 Å². The van der Waals surface area contributed by atoms with Gasteiger partial charge in [-0.15, -0.1) is 24.5 Å². The van der Waals surface area contributed by atoms with Gasteiger partial charge in [0.05, 0.1) is 16.1 Å². The Morgan fingerprint density at radius 2 is 1.59 bits per heavy atom. The highest BCUT2D eigenvalue weighted by Gasteiger charge is 2.41. The number of alkyl halides is 6. The maximum Gasteiger partial charge on any atom is 0.573 e. The minimum atomic E-state index is -5.01. The van der Waals surface area contributed by atoms with Crippen LogP contribution in [0.25, 0.3) is 0 Å². The fourth-order valence-electron chi connectivity index (χ4n) is 2.44. The van der Waals surface area contributed by atoms with E-state index in [0.717, 1.165) is 12.1 Å². The van der Waals surface area contributed by atoms with Crippen LogP contribution in [0, 0.1) is 12.3 Å². The van der Waals surface area contributed by atoms with Crippen molar-refractivity contribution in [3.05, 3.63) is 36.7 Å². The van der Waals surface area contributed by atoms with Gasteiger partial charge in [-0.2, -0.15) is 13.2 Å². The van der Waals surface area contributed by atoms with Crippen LogP contribution in [0.2, 0.25) is 0 Å². The molecule has 0 fully saturated rings. The number of aromatic nitrogens is 1. The van der Waals surface area contributed by atoms with E-state index in [0.29, 0.717) is 16.2 Å². The van der Waals surface area contributed by atoms with Crippen molar-refractivity contribution in [1.82, 2.24) is 4.98 Å². The number of anilines is 1. The molecule has 0 atom stereocenters. The van der Waals surface area contributed by atoms with Gasteiger partial charge in [0.15, 0.2) is 12.4 Å². The minimum absolute atomic E-state index is 0.0469. The molecule has 0 aliphatic heterocycles. The first-order chi connectivity index (χ1) is 15.3. The summed E-state index contributed by atoms with van der Waals surface area (Å²) in [6.45, 7) is 5.00. The summed E-state index contributed by atoms with van der Waals surface area (Å²) in [5.41, 5.74) is -2.64. The van der Waals surface area contributed by atoms with Gasteiger partial charge in [-0.1, -0.05) is 0 Å². The first-order valence-corrected chi connectivity index (χ1v) is 11.5. The third-order valence-corrected chi connectivity index (χ3v) is 6.04. The number of nitrogens with zero attached hydrogens (tertiary/aromatic N) is 2. The van der Waals surface area contributed by atoms with Crippen molar-refractivity contribution in [2.75, 3.05) is 11.6 Å². The average molecular weight is 642 g/mol. The van der Waals surface area contributed by atoms with E-state index < -0.39 is 52.9 Å². The lowest BCUT2D eigenvalue weighted by Crippen LogP contribution is -2.37.